The second-order valence-electron chi connectivity index (χ2n) is 4.03. The first kappa shape index (κ1) is 13.8. The number of rotatable bonds is 6. The van der Waals surface area contributed by atoms with Gasteiger partial charge in [-0.15, -0.1) is 5.10 Å². The summed E-state index contributed by atoms with van der Waals surface area (Å²) in [6, 6.07) is 4.45. The maximum atomic E-state index is 13.5. The minimum Gasteiger partial charge on any atom is -0.396 e. The van der Waals surface area contributed by atoms with Gasteiger partial charge in [-0.3, -0.25) is 4.68 Å². The van der Waals surface area contributed by atoms with Crippen LogP contribution in [-0.2, 0) is 13.1 Å². The maximum Gasteiger partial charge on any atom is 0.147 e. The SMILES string of the molecule is OCCCn1cc(CNc2ccc(Cl)cc2F)nn1. The monoisotopic (exact) mass is 284 g/mol. The highest BCUT2D eigenvalue weighted by molar-refractivity contribution is 6.30. The number of aryl methyl sites for hydroxylation is 1. The Morgan fingerprint density at radius 1 is 1.42 bits per heavy atom. The van der Waals surface area contributed by atoms with E-state index in [1.165, 1.54) is 6.07 Å². The van der Waals surface area contributed by atoms with E-state index in [-0.39, 0.29) is 6.61 Å². The number of anilines is 1. The number of nitrogens with zero attached hydrogens (tertiary/aromatic N) is 3. The Morgan fingerprint density at radius 2 is 2.26 bits per heavy atom. The molecule has 1 aromatic carbocycles. The molecule has 0 aliphatic rings. The predicted octanol–water partition coefficient (Wildman–Crippen LogP) is 2.07. The molecular weight excluding hydrogens is 271 g/mol. The zero-order valence-corrected chi connectivity index (χ0v) is 10.9. The van der Waals surface area contributed by atoms with Crippen LogP contribution in [0.3, 0.4) is 0 Å². The highest BCUT2D eigenvalue weighted by atomic mass is 35.5. The smallest absolute Gasteiger partial charge is 0.147 e. The third kappa shape index (κ3) is 3.90. The summed E-state index contributed by atoms with van der Waals surface area (Å²) >= 11 is 5.67. The molecule has 0 aliphatic carbocycles. The normalized spacial score (nSPS) is 10.7. The third-order valence-electron chi connectivity index (χ3n) is 2.52. The van der Waals surface area contributed by atoms with Gasteiger partial charge in [0.25, 0.3) is 0 Å². The van der Waals surface area contributed by atoms with Gasteiger partial charge in [-0.1, -0.05) is 16.8 Å². The lowest BCUT2D eigenvalue weighted by Crippen LogP contribution is -2.02. The van der Waals surface area contributed by atoms with Gasteiger partial charge in [-0.25, -0.2) is 4.39 Å². The fourth-order valence-electron chi connectivity index (χ4n) is 1.58. The van der Waals surface area contributed by atoms with Crippen molar-refractivity contribution in [2.75, 3.05) is 11.9 Å². The van der Waals surface area contributed by atoms with Crippen LogP contribution in [-0.4, -0.2) is 26.7 Å². The summed E-state index contributed by atoms with van der Waals surface area (Å²) in [5.74, 6) is -0.403. The van der Waals surface area contributed by atoms with Crippen LogP contribution < -0.4 is 5.32 Å². The van der Waals surface area contributed by atoms with Gasteiger partial charge in [0.05, 0.1) is 18.4 Å². The van der Waals surface area contributed by atoms with E-state index < -0.39 is 5.82 Å². The molecule has 2 aromatic rings. The quantitative estimate of drug-likeness (QED) is 0.852. The van der Waals surface area contributed by atoms with Gasteiger partial charge in [0.1, 0.15) is 11.5 Å². The molecule has 0 spiro atoms. The summed E-state index contributed by atoms with van der Waals surface area (Å²) in [6.45, 7) is 1.10. The molecule has 1 heterocycles. The van der Waals surface area contributed by atoms with Crippen LogP contribution in [0.1, 0.15) is 12.1 Å². The summed E-state index contributed by atoms with van der Waals surface area (Å²) in [5, 5.41) is 19.9. The number of nitrogens with one attached hydrogen (secondary N) is 1. The van der Waals surface area contributed by atoms with E-state index in [0.717, 1.165) is 0 Å². The van der Waals surface area contributed by atoms with Crippen LogP contribution in [0.15, 0.2) is 24.4 Å². The first-order valence-electron chi connectivity index (χ1n) is 5.88. The van der Waals surface area contributed by atoms with Crippen molar-refractivity contribution in [1.29, 1.82) is 0 Å². The summed E-state index contributed by atoms with van der Waals surface area (Å²) in [7, 11) is 0. The molecule has 0 saturated heterocycles. The second kappa shape index (κ2) is 6.49. The molecule has 19 heavy (non-hydrogen) atoms. The molecule has 0 amide bonds. The number of halogens is 2. The van der Waals surface area contributed by atoms with E-state index >= 15 is 0 Å². The number of hydrogen-bond donors (Lipinski definition) is 2. The third-order valence-corrected chi connectivity index (χ3v) is 2.76. The Morgan fingerprint density at radius 3 is 3.00 bits per heavy atom. The Kier molecular flexibility index (Phi) is 4.70. The van der Waals surface area contributed by atoms with Crippen LogP contribution in [0, 0.1) is 5.82 Å². The van der Waals surface area contributed by atoms with Crippen LogP contribution in [0.5, 0.6) is 0 Å². The van der Waals surface area contributed by atoms with Crippen LogP contribution in [0.2, 0.25) is 5.02 Å². The second-order valence-corrected chi connectivity index (χ2v) is 4.46. The molecule has 102 valence electrons. The Bertz CT molecular complexity index is 546. The van der Waals surface area contributed by atoms with Crippen LogP contribution in [0.4, 0.5) is 10.1 Å². The fraction of sp³-hybridized carbons (Fsp3) is 0.333. The van der Waals surface area contributed by atoms with Crippen molar-refractivity contribution in [2.45, 2.75) is 19.5 Å². The van der Waals surface area contributed by atoms with Crippen molar-refractivity contribution in [3.05, 3.63) is 40.9 Å². The number of aliphatic hydroxyl groups is 1. The molecule has 1 aromatic heterocycles. The Hall–Kier alpha value is -1.66. The summed E-state index contributed by atoms with van der Waals surface area (Å²) in [4.78, 5) is 0. The van der Waals surface area contributed by atoms with E-state index in [1.54, 1.807) is 23.0 Å². The van der Waals surface area contributed by atoms with Crippen molar-refractivity contribution < 1.29 is 9.50 Å². The standard InChI is InChI=1S/C12H14ClFN4O/c13-9-2-3-12(11(14)6-9)15-7-10-8-18(17-16-10)4-1-5-19/h2-3,6,8,15,19H,1,4-5,7H2. The number of hydrogen-bond acceptors (Lipinski definition) is 4. The highest BCUT2D eigenvalue weighted by Crippen LogP contribution is 2.19. The van der Waals surface area contributed by atoms with Gasteiger partial charge < -0.3 is 10.4 Å². The topological polar surface area (TPSA) is 63.0 Å². The molecule has 0 saturated carbocycles. The van der Waals surface area contributed by atoms with E-state index in [1.807, 2.05) is 0 Å². The van der Waals surface area contributed by atoms with Crippen molar-refractivity contribution in [2.24, 2.45) is 0 Å². The van der Waals surface area contributed by atoms with Gasteiger partial charge in [0, 0.05) is 18.2 Å². The average molecular weight is 285 g/mol. The average Bonchev–Trinajstić information content (AvgIpc) is 2.83. The van der Waals surface area contributed by atoms with Crippen LogP contribution in [0.25, 0.3) is 0 Å². The Balaban J connectivity index is 1.92. The lowest BCUT2D eigenvalue weighted by atomic mass is 10.3. The molecule has 5 nitrogen and oxygen atoms in total. The van der Waals surface area contributed by atoms with E-state index in [4.69, 9.17) is 16.7 Å². The molecule has 0 radical (unpaired) electrons. The lowest BCUT2D eigenvalue weighted by molar-refractivity contribution is 0.276. The number of aliphatic hydroxyl groups excluding tert-OH is 1. The molecule has 0 bridgehead atoms. The van der Waals surface area contributed by atoms with E-state index in [0.29, 0.717) is 35.9 Å². The molecular formula is C12H14ClFN4O. The van der Waals surface area contributed by atoms with Gasteiger partial charge in [0.15, 0.2) is 0 Å². The molecule has 0 unspecified atom stereocenters. The van der Waals surface area contributed by atoms with Crippen molar-refractivity contribution in [3.8, 4) is 0 Å². The number of aromatic nitrogens is 3. The van der Waals surface area contributed by atoms with Gasteiger partial charge in [-0.05, 0) is 24.6 Å². The molecule has 0 aliphatic heterocycles. The molecule has 0 fully saturated rings. The van der Waals surface area contributed by atoms with Gasteiger partial charge >= 0.3 is 0 Å². The first-order valence-corrected chi connectivity index (χ1v) is 6.25. The fourth-order valence-corrected chi connectivity index (χ4v) is 1.74. The predicted molar refractivity (Wildman–Crippen MR) is 70.5 cm³/mol. The zero-order chi connectivity index (χ0) is 13.7. The maximum absolute atomic E-state index is 13.5. The van der Waals surface area contributed by atoms with Crippen molar-refractivity contribution >= 4 is 17.3 Å². The Labute approximate surface area is 115 Å². The molecule has 2 N–H and O–H groups in total. The molecule has 0 atom stereocenters. The number of benzene rings is 1. The van der Waals surface area contributed by atoms with Crippen molar-refractivity contribution in [3.63, 3.8) is 0 Å². The molecule has 7 heteroatoms. The van der Waals surface area contributed by atoms with E-state index in [2.05, 4.69) is 15.6 Å². The first-order chi connectivity index (χ1) is 9.19. The summed E-state index contributed by atoms with van der Waals surface area (Å²) in [6.07, 6.45) is 2.39. The lowest BCUT2D eigenvalue weighted by Gasteiger charge is -2.05. The highest BCUT2D eigenvalue weighted by Gasteiger charge is 2.04. The minimum atomic E-state index is -0.403. The van der Waals surface area contributed by atoms with Gasteiger partial charge in [0.2, 0.25) is 0 Å². The molecule has 2 rings (SSSR count). The minimum absolute atomic E-state index is 0.115. The summed E-state index contributed by atoms with van der Waals surface area (Å²) < 4.78 is 15.2. The van der Waals surface area contributed by atoms with E-state index in [9.17, 15) is 4.39 Å². The summed E-state index contributed by atoms with van der Waals surface area (Å²) in [5.41, 5.74) is 1.07. The zero-order valence-electron chi connectivity index (χ0n) is 10.2. The van der Waals surface area contributed by atoms with Crippen LogP contribution >= 0.6 is 11.6 Å². The van der Waals surface area contributed by atoms with Crippen molar-refractivity contribution in [1.82, 2.24) is 15.0 Å². The largest absolute Gasteiger partial charge is 0.396 e. The van der Waals surface area contributed by atoms with Gasteiger partial charge in [-0.2, -0.15) is 0 Å².